The summed E-state index contributed by atoms with van der Waals surface area (Å²) in [5.74, 6) is 0.595. The molecule has 1 heterocycles. The molecule has 0 bridgehead atoms. The topological polar surface area (TPSA) is 93.7 Å². The van der Waals surface area contributed by atoms with Crippen LogP contribution in [0.4, 0.5) is 0 Å². The average Bonchev–Trinajstić information content (AvgIpc) is 2.92. The highest BCUT2D eigenvalue weighted by molar-refractivity contribution is 7.89. The lowest BCUT2D eigenvalue weighted by Crippen LogP contribution is -2.32. The molecule has 0 spiro atoms. The van der Waals surface area contributed by atoms with Crippen LogP contribution in [-0.2, 0) is 14.8 Å². The molecule has 0 saturated carbocycles. The van der Waals surface area contributed by atoms with Crippen molar-refractivity contribution in [1.82, 2.24) is 10.0 Å². The molecular formula is C20H22Cl2N2O5S. The monoisotopic (exact) mass is 472 g/mol. The van der Waals surface area contributed by atoms with Crippen LogP contribution in [0.1, 0.15) is 31.4 Å². The Kier molecular flexibility index (Phi) is 7.46. The third-order valence-corrected chi connectivity index (χ3v) is 6.50. The van der Waals surface area contributed by atoms with Crippen molar-refractivity contribution in [2.75, 3.05) is 19.8 Å². The molecule has 30 heavy (non-hydrogen) atoms. The molecule has 0 aliphatic carbocycles. The largest absolute Gasteiger partial charge is 0.490 e. The van der Waals surface area contributed by atoms with Crippen LogP contribution in [0.2, 0.25) is 10.0 Å². The third kappa shape index (κ3) is 5.78. The number of carbonyl (C=O) groups excluding carboxylic acids is 1. The number of sulfonamides is 1. The summed E-state index contributed by atoms with van der Waals surface area (Å²) in [6.45, 7) is 2.71. The minimum absolute atomic E-state index is 0.0284. The molecule has 1 atom stereocenters. The summed E-state index contributed by atoms with van der Waals surface area (Å²) >= 11 is 12.0. The lowest BCUT2D eigenvalue weighted by atomic mass is 10.1. The van der Waals surface area contributed by atoms with E-state index < -0.39 is 10.0 Å². The smallest absolute Gasteiger partial charge is 0.240 e. The van der Waals surface area contributed by atoms with Crippen molar-refractivity contribution in [3.63, 3.8) is 0 Å². The number of carbonyl (C=O) groups is 1. The van der Waals surface area contributed by atoms with Gasteiger partial charge in [0.1, 0.15) is 0 Å². The fourth-order valence-corrected chi connectivity index (χ4v) is 4.56. The van der Waals surface area contributed by atoms with E-state index in [9.17, 15) is 13.2 Å². The summed E-state index contributed by atoms with van der Waals surface area (Å²) in [7, 11) is -3.79. The molecule has 3 rings (SSSR count). The molecule has 2 aromatic carbocycles. The first-order valence-corrected chi connectivity index (χ1v) is 11.6. The van der Waals surface area contributed by atoms with Crippen LogP contribution >= 0.6 is 23.2 Å². The van der Waals surface area contributed by atoms with Crippen molar-refractivity contribution in [2.24, 2.45) is 0 Å². The first-order chi connectivity index (χ1) is 14.3. The van der Waals surface area contributed by atoms with E-state index in [-0.39, 0.29) is 29.8 Å². The van der Waals surface area contributed by atoms with Gasteiger partial charge < -0.3 is 14.8 Å². The van der Waals surface area contributed by atoms with Crippen LogP contribution in [0.15, 0.2) is 41.3 Å². The van der Waals surface area contributed by atoms with Crippen LogP contribution in [0.25, 0.3) is 0 Å². The van der Waals surface area contributed by atoms with Gasteiger partial charge in [-0.15, -0.1) is 0 Å². The molecule has 0 saturated heterocycles. The van der Waals surface area contributed by atoms with E-state index in [0.717, 1.165) is 12.0 Å². The van der Waals surface area contributed by atoms with E-state index in [4.69, 9.17) is 32.7 Å². The first kappa shape index (κ1) is 22.7. The number of rotatable bonds is 7. The number of halogens is 2. The Balaban J connectivity index is 1.55. The Bertz CT molecular complexity index is 1030. The lowest BCUT2D eigenvalue weighted by Gasteiger charge is -2.16. The van der Waals surface area contributed by atoms with Crippen LogP contribution < -0.4 is 19.5 Å². The third-order valence-electron chi connectivity index (χ3n) is 4.48. The summed E-state index contributed by atoms with van der Waals surface area (Å²) in [5, 5.41) is 3.75. The van der Waals surface area contributed by atoms with Gasteiger partial charge in [-0.2, -0.15) is 0 Å². The number of hydrogen-bond acceptors (Lipinski definition) is 5. The van der Waals surface area contributed by atoms with Crippen molar-refractivity contribution in [3.05, 3.63) is 52.0 Å². The molecule has 0 radical (unpaired) electrons. The van der Waals surface area contributed by atoms with Gasteiger partial charge >= 0.3 is 0 Å². The normalized spacial score (nSPS) is 14.6. The molecule has 2 N–H and O–H groups in total. The minimum Gasteiger partial charge on any atom is -0.490 e. The van der Waals surface area contributed by atoms with Crippen molar-refractivity contribution >= 4 is 39.1 Å². The second-order valence-corrected chi connectivity index (χ2v) is 9.37. The number of nitrogens with one attached hydrogen (secondary N) is 2. The van der Waals surface area contributed by atoms with Gasteiger partial charge in [0.2, 0.25) is 15.9 Å². The van der Waals surface area contributed by atoms with E-state index in [1.54, 1.807) is 31.2 Å². The molecule has 162 valence electrons. The van der Waals surface area contributed by atoms with Gasteiger partial charge in [0.05, 0.1) is 24.2 Å². The zero-order chi connectivity index (χ0) is 21.7. The highest BCUT2D eigenvalue weighted by Crippen LogP contribution is 2.32. The SMILES string of the molecule is CC(NC(=O)CCNS(=O)(=O)c1ccc2c(c1)OCCCO2)c1ccc(Cl)cc1Cl. The Hall–Kier alpha value is -2.00. The van der Waals surface area contributed by atoms with E-state index in [0.29, 0.717) is 34.8 Å². The Morgan fingerprint density at radius 1 is 1.10 bits per heavy atom. The fraction of sp³-hybridized carbons (Fsp3) is 0.350. The molecular weight excluding hydrogens is 451 g/mol. The van der Waals surface area contributed by atoms with Crippen molar-refractivity contribution in [2.45, 2.75) is 30.7 Å². The summed E-state index contributed by atoms with van der Waals surface area (Å²) in [5.41, 5.74) is 0.724. The molecule has 0 aromatic heterocycles. The second-order valence-electron chi connectivity index (χ2n) is 6.76. The minimum atomic E-state index is -3.79. The maximum Gasteiger partial charge on any atom is 0.240 e. The fourth-order valence-electron chi connectivity index (χ4n) is 2.94. The molecule has 1 aliphatic rings. The quantitative estimate of drug-likeness (QED) is 0.640. The van der Waals surface area contributed by atoms with Gasteiger partial charge in [-0.1, -0.05) is 29.3 Å². The zero-order valence-corrected chi connectivity index (χ0v) is 18.6. The molecule has 0 fully saturated rings. The molecule has 2 aromatic rings. The highest BCUT2D eigenvalue weighted by Gasteiger charge is 2.19. The van der Waals surface area contributed by atoms with E-state index in [2.05, 4.69) is 10.0 Å². The Morgan fingerprint density at radius 3 is 2.57 bits per heavy atom. The standard InChI is InChI=1S/C20H22Cl2N2O5S/c1-13(16-5-3-14(21)11-17(16)22)24-20(25)7-8-23-30(26,27)15-4-6-18-19(12-15)29-10-2-9-28-18/h3-6,11-13,23H,2,7-10H2,1H3,(H,24,25). The molecule has 1 amide bonds. The van der Waals surface area contributed by atoms with Crippen LogP contribution in [0, 0.1) is 0 Å². The first-order valence-electron chi connectivity index (χ1n) is 9.40. The number of benzene rings is 2. The second kappa shape index (κ2) is 9.87. The number of fused-ring (bicyclic) bond motifs is 1. The molecule has 7 nitrogen and oxygen atoms in total. The van der Waals surface area contributed by atoms with Crippen LogP contribution in [-0.4, -0.2) is 34.1 Å². The predicted molar refractivity (Wildman–Crippen MR) is 115 cm³/mol. The predicted octanol–water partition coefficient (Wildman–Crippen LogP) is 3.70. The lowest BCUT2D eigenvalue weighted by molar-refractivity contribution is -0.121. The van der Waals surface area contributed by atoms with Gasteiger partial charge in [0.15, 0.2) is 11.5 Å². The van der Waals surface area contributed by atoms with Crippen LogP contribution in [0.5, 0.6) is 11.5 Å². The van der Waals surface area contributed by atoms with Gasteiger partial charge in [-0.25, -0.2) is 13.1 Å². The number of hydrogen-bond donors (Lipinski definition) is 2. The number of amides is 1. The molecule has 1 aliphatic heterocycles. The molecule has 1 unspecified atom stereocenters. The van der Waals surface area contributed by atoms with Gasteiger partial charge in [0, 0.05) is 35.5 Å². The Morgan fingerprint density at radius 2 is 1.83 bits per heavy atom. The van der Waals surface area contributed by atoms with Crippen molar-refractivity contribution < 1.29 is 22.7 Å². The van der Waals surface area contributed by atoms with Gasteiger partial charge in [-0.05, 0) is 36.8 Å². The van der Waals surface area contributed by atoms with Crippen molar-refractivity contribution in [1.29, 1.82) is 0 Å². The van der Waals surface area contributed by atoms with Gasteiger partial charge in [0.25, 0.3) is 0 Å². The van der Waals surface area contributed by atoms with E-state index in [1.165, 1.54) is 12.1 Å². The summed E-state index contributed by atoms with van der Waals surface area (Å²) in [6, 6.07) is 9.12. The summed E-state index contributed by atoms with van der Waals surface area (Å²) in [6.07, 6.45) is 0.698. The highest BCUT2D eigenvalue weighted by atomic mass is 35.5. The zero-order valence-electron chi connectivity index (χ0n) is 16.3. The van der Waals surface area contributed by atoms with Crippen LogP contribution in [0.3, 0.4) is 0 Å². The van der Waals surface area contributed by atoms with Crippen molar-refractivity contribution in [3.8, 4) is 11.5 Å². The van der Waals surface area contributed by atoms with E-state index in [1.807, 2.05) is 0 Å². The van der Waals surface area contributed by atoms with Gasteiger partial charge in [-0.3, -0.25) is 4.79 Å². The summed E-state index contributed by atoms with van der Waals surface area (Å²) in [4.78, 5) is 12.3. The maximum atomic E-state index is 12.5. The average molecular weight is 473 g/mol. The number of ether oxygens (including phenoxy) is 2. The summed E-state index contributed by atoms with van der Waals surface area (Å²) < 4.78 is 38.5. The van der Waals surface area contributed by atoms with E-state index >= 15 is 0 Å². The maximum absolute atomic E-state index is 12.5. The molecule has 10 heteroatoms. The Labute approximate surface area is 185 Å².